The molecule has 2 N–H and O–H groups in total. The number of amides is 1. The van der Waals surface area contributed by atoms with Gasteiger partial charge in [-0.1, -0.05) is 18.2 Å². The van der Waals surface area contributed by atoms with E-state index in [0.717, 1.165) is 25.7 Å². The Morgan fingerprint density at radius 3 is 2.50 bits per heavy atom. The zero-order valence-corrected chi connectivity index (χ0v) is 15.9. The number of benzene rings is 1. The molecule has 0 saturated heterocycles. The highest BCUT2D eigenvalue weighted by Gasteiger charge is 2.43. The van der Waals surface area contributed by atoms with Crippen molar-refractivity contribution in [2.24, 2.45) is 17.8 Å². The number of nitrogens with one attached hydrogen (secondary N) is 1. The maximum Gasteiger partial charge on any atom is 0.358 e. The Labute approximate surface area is 163 Å². The van der Waals surface area contributed by atoms with Crippen molar-refractivity contribution >= 4 is 11.9 Å². The van der Waals surface area contributed by atoms with Crippen LogP contribution in [0.25, 0.3) is 5.69 Å². The smallest absolute Gasteiger partial charge is 0.358 e. The van der Waals surface area contributed by atoms with Crippen LogP contribution in [0.2, 0.25) is 0 Å². The molecule has 2 fully saturated rings. The lowest BCUT2D eigenvalue weighted by Gasteiger charge is -2.35. The molecule has 2 aromatic rings. The second-order valence-corrected chi connectivity index (χ2v) is 7.77. The van der Waals surface area contributed by atoms with Crippen LogP contribution >= 0.6 is 0 Å². The van der Waals surface area contributed by atoms with Gasteiger partial charge in [-0.15, -0.1) is 0 Å². The highest BCUT2D eigenvalue weighted by molar-refractivity contribution is 5.96. The lowest BCUT2D eigenvalue weighted by molar-refractivity contribution is 0.0593. The molecular weight excluding hydrogens is 358 g/mol. The quantitative estimate of drug-likeness (QED) is 0.772. The molecule has 2 aliphatic carbocycles. The van der Waals surface area contributed by atoms with Crippen molar-refractivity contribution in [2.45, 2.75) is 31.7 Å². The zero-order valence-electron chi connectivity index (χ0n) is 15.9. The standard InChI is InChI=1S/C21H25N3O4/c1-28-21(27)17-11-18(24(23-17)16-5-3-2-4-6-16)20(26)22-19-14-7-8-15(19)10-13(9-14)12-25/h2-6,11,13-15,19,25H,7-10,12H2,1H3,(H,22,26)/t13?,14-,15+,19?. The number of carbonyl (C=O) groups is 2. The Kier molecular flexibility index (Phi) is 5.17. The third-order valence-electron chi connectivity index (χ3n) is 6.09. The summed E-state index contributed by atoms with van der Waals surface area (Å²) in [6, 6.07) is 10.8. The number of ether oxygens (including phenoxy) is 1. The molecule has 4 atom stereocenters. The number of methoxy groups -OCH3 is 1. The molecule has 1 aromatic carbocycles. The predicted octanol–water partition coefficient (Wildman–Crippen LogP) is 2.19. The Bertz CT molecular complexity index is 850. The van der Waals surface area contributed by atoms with E-state index in [1.54, 1.807) is 0 Å². The van der Waals surface area contributed by atoms with Crippen LogP contribution < -0.4 is 5.32 Å². The summed E-state index contributed by atoms with van der Waals surface area (Å²) in [6.07, 6.45) is 4.06. The molecule has 2 saturated carbocycles. The van der Waals surface area contributed by atoms with E-state index >= 15 is 0 Å². The Morgan fingerprint density at radius 1 is 1.21 bits per heavy atom. The molecule has 1 aromatic heterocycles. The van der Waals surface area contributed by atoms with E-state index in [4.69, 9.17) is 4.74 Å². The molecule has 1 amide bonds. The second kappa shape index (κ2) is 7.75. The molecule has 4 rings (SSSR count). The maximum absolute atomic E-state index is 13.1. The van der Waals surface area contributed by atoms with E-state index in [1.165, 1.54) is 17.9 Å². The molecule has 0 aliphatic heterocycles. The third kappa shape index (κ3) is 3.42. The average Bonchev–Trinajstić information content (AvgIpc) is 3.26. The summed E-state index contributed by atoms with van der Waals surface area (Å²) in [5, 5.41) is 17.0. The molecule has 0 radical (unpaired) electrons. The van der Waals surface area contributed by atoms with Gasteiger partial charge in [0.25, 0.3) is 5.91 Å². The van der Waals surface area contributed by atoms with Crippen LogP contribution in [0.3, 0.4) is 0 Å². The van der Waals surface area contributed by atoms with Crippen molar-refractivity contribution in [3.63, 3.8) is 0 Å². The number of nitrogens with zero attached hydrogens (tertiary/aromatic N) is 2. The summed E-state index contributed by atoms with van der Waals surface area (Å²) in [5.41, 5.74) is 1.12. The number of para-hydroxylation sites is 1. The number of carbonyl (C=O) groups excluding carboxylic acids is 2. The van der Waals surface area contributed by atoms with Crippen LogP contribution in [-0.4, -0.2) is 46.5 Å². The van der Waals surface area contributed by atoms with Crippen molar-refractivity contribution in [3.8, 4) is 5.69 Å². The minimum absolute atomic E-state index is 0.100. The van der Waals surface area contributed by atoms with Crippen LogP contribution in [0.5, 0.6) is 0 Å². The van der Waals surface area contributed by atoms with Gasteiger partial charge in [0.15, 0.2) is 5.69 Å². The molecule has 28 heavy (non-hydrogen) atoms. The van der Waals surface area contributed by atoms with Gasteiger partial charge in [-0.25, -0.2) is 9.48 Å². The zero-order chi connectivity index (χ0) is 19.7. The number of esters is 1. The van der Waals surface area contributed by atoms with Gasteiger partial charge in [0.2, 0.25) is 0 Å². The van der Waals surface area contributed by atoms with Crippen LogP contribution in [0.15, 0.2) is 36.4 Å². The molecule has 7 nitrogen and oxygen atoms in total. The number of hydrogen-bond donors (Lipinski definition) is 2. The fraction of sp³-hybridized carbons (Fsp3) is 0.476. The number of rotatable bonds is 5. The summed E-state index contributed by atoms with van der Waals surface area (Å²) in [7, 11) is 1.29. The Balaban J connectivity index is 1.60. The molecule has 2 unspecified atom stereocenters. The normalized spacial score (nSPS) is 26.1. The van der Waals surface area contributed by atoms with Crippen molar-refractivity contribution in [3.05, 3.63) is 47.8 Å². The van der Waals surface area contributed by atoms with Gasteiger partial charge in [-0.2, -0.15) is 5.10 Å². The number of hydrogen-bond acceptors (Lipinski definition) is 5. The minimum Gasteiger partial charge on any atom is -0.464 e. The van der Waals surface area contributed by atoms with E-state index in [9.17, 15) is 14.7 Å². The molecule has 2 aliphatic rings. The van der Waals surface area contributed by atoms with E-state index < -0.39 is 5.97 Å². The summed E-state index contributed by atoms with van der Waals surface area (Å²) < 4.78 is 6.26. The number of aliphatic hydroxyl groups is 1. The fourth-order valence-electron chi connectivity index (χ4n) is 4.78. The number of aromatic nitrogens is 2. The molecule has 7 heteroatoms. The summed E-state index contributed by atoms with van der Waals surface area (Å²) in [5.74, 6) is 0.315. The van der Waals surface area contributed by atoms with E-state index in [-0.39, 0.29) is 24.2 Å². The average molecular weight is 383 g/mol. The summed E-state index contributed by atoms with van der Waals surface area (Å²) >= 11 is 0. The monoisotopic (exact) mass is 383 g/mol. The lowest BCUT2D eigenvalue weighted by Crippen LogP contribution is -2.46. The van der Waals surface area contributed by atoms with Gasteiger partial charge in [-0.05, 0) is 55.6 Å². The Morgan fingerprint density at radius 2 is 1.89 bits per heavy atom. The fourth-order valence-corrected chi connectivity index (χ4v) is 4.78. The van der Waals surface area contributed by atoms with Crippen molar-refractivity contribution in [1.82, 2.24) is 15.1 Å². The van der Waals surface area contributed by atoms with E-state index in [0.29, 0.717) is 29.1 Å². The van der Waals surface area contributed by atoms with Crippen LogP contribution in [0.1, 0.15) is 46.7 Å². The van der Waals surface area contributed by atoms with E-state index in [1.807, 2.05) is 30.3 Å². The SMILES string of the molecule is COC(=O)c1cc(C(=O)NC2[C@@H]3CC[C@H]2CC(CO)C3)n(-c2ccccc2)n1. The second-order valence-electron chi connectivity index (χ2n) is 7.77. The highest BCUT2D eigenvalue weighted by atomic mass is 16.5. The van der Waals surface area contributed by atoms with Crippen molar-refractivity contribution in [2.75, 3.05) is 13.7 Å². The van der Waals surface area contributed by atoms with Crippen LogP contribution in [0.4, 0.5) is 0 Å². The summed E-state index contributed by atoms with van der Waals surface area (Å²) in [6.45, 7) is 0.219. The van der Waals surface area contributed by atoms with Crippen LogP contribution in [0, 0.1) is 17.8 Å². The Hall–Kier alpha value is -2.67. The highest BCUT2D eigenvalue weighted by Crippen LogP contribution is 2.44. The van der Waals surface area contributed by atoms with Gasteiger partial charge in [-0.3, -0.25) is 4.79 Å². The molecular formula is C21H25N3O4. The first kappa shape index (κ1) is 18.7. The third-order valence-corrected chi connectivity index (χ3v) is 6.09. The van der Waals surface area contributed by atoms with Gasteiger partial charge >= 0.3 is 5.97 Å². The molecule has 0 spiro atoms. The first-order chi connectivity index (χ1) is 13.6. The van der Waals surface area contributed by atoms with E-state index in [2.05, 4.69) is 10.4 Å². The minimum atomic E-state index is -0.577. The van der Waals surface area contributed by atoms with Crippen molar-refractivity contribution in [1.29, 1.82) is 0 Å². The van der Waals surface area contributed by atoms with Crippen LogP contribution in [-0.2, 0) is 4.74 Å². The molecule has 2 bridgehead atoms. The van der Waals surface area contributed by atoms with Gasteiger partial charge in [0.05, 0.1) is 12.8 Å². The maximum atomic E-state index is 13.1. The number of aliphatic hydroxyl groups excluding tert-OH is 1. The first-order valence-electron chi connectivity index (χ1n) is 9.76. The van der Waals surface area contributed by atoms with Gasteiger partial charge in [0, 0.05) is 18.7 Å². The first-order valence-corrected chi connectivity index (χ1v) is 9.76. The van der Waals surface area contributed by atoms with Gasteiger partial charge in [0.1, 0.15) is 5.69 Å². The number of fused-ring (bicyclic) bond motifs is 2. The largest absolute Gasteiger partial charge is 0.464 e. The van der Waals surface area contributed by atoms with Gasteiger partial charge < -0.3 is 15.2 Å². The topological polar surface area (TPSA) is 93.5 Å². The summed E-state index contributed by atoms with van der Waals surface area (Å²) in [4.78, 5) is 25.1. The lowest BCUT2D eigenvalue weighted by atomic mass is 9.77. The van der Waals surface area contributed by atoms with Crippen molar-refractivity contribution < 1.29 is 19.4 Å². The predicted molar refractivity (Wildman–Crippen MR) is 102 cm³/mol. The molecule has 148 valence electrons. The molecule has 1 heterocycles.